The van der Waals surface area contributed by atoms with Gasteiger partial charge in [0.1, 0.15) is 5.66 Å². The molecule has 3 rings (SSSR count). The number of carbonyl (C=O) groups excluding carboxylic acids is 1. The molecule has 1 heterocycles. The number of carbonyl (C=O) groups is 1. The van der Waals surface area contributed by atoms with Gasteiger partial charge >= 0.3 is 0 Å². The van der Waals surface area contributed by atoms with Crippen molar-refractivity contribution in [2.75, 3.05) is 11.9 Å². The molecule has 0 aliphatic carbocycles. The molecule has 0 radical (unpaired) electrons. The second-order valence-electron chi connectivity index (χ2n) is 5.70. The fourth-order valence-electron chi connectivity index (χ4n) is 3.45. The third-order valence-electron chi connectivity index (χ3n) is 4.38. The zero-order valence-electron chi connectivity index (χ0n) is 13.2. The third kappa shape index (κ3) is 2.17. The first-order valence-corrected chi connectivity index (χ1v) is 7.97. The molecular formula is C19H22N2O. The lowest BCUT2D eigenvalue weighted by molar-refractivity contribution is 0.0489. The summed E-state index contributed by atoms with van der Waals surface area (Å²) >= 11 is 0. The molecule has 1 unspecified atom stereocenters. The van der Waals surface area contributed by atoms with Crippen molar-refractivity contribution in [1.82, 2.24) is 4.90 Å². The van der Waals surface area contributed by atoms with Crippen LogP contribution in [0.3, 0.4) is 0 Å². The van der Waals surface area contributed by atoms with Gasteiger partial charge in [0.05, 0.1) is 5.56 Å². The van der Waals surface area contributed by atoms with Gasteiger partial charge in [-0.15, -0.1) is 0 Å². The van der Waals surface area contributed by atoms with Crippen LogP contribution in [0.4, 0.5) is 5.69 Å². The fourth-order valence-corrected chi connectivity index (χ4v) is 3.45. The first-order chi connectivity index (χ1) is 10.7. The second kappa shape index (κ2) is 5.84. The molecule has 0 bridgehead atoms. The maximum absolute atomic E-state index is 13.0. The van der Waals surface area contributed by atoms with E-state index in [2.05, 4.69) is 24.4 Å². The van der Waals surface area contributed by atoms with Crippen LogP contribution in [0.2, 0.25) is 0 Å². The summed E-state index contributed by atoms with van der Waals surface area (Å²) in [6, 6.07) is 18.1. The van der Waals surface area contributed by atoms with Crippen molar-refractivity contribution in [3.8, 4) is 0 Å². The Hall–Kier alpha value is -2.29. The smallest absolute Gasteiger partial charge is 0.258 e. The lowest BCUT2D eigenvalue weighted by Gasteiger charge is -2.48. The molecular weight excluding hydrogens is 272 g/mol. The van der Waals surface area contributed by atoms with E-state index in [4.69, 9.17) is 0 Å². The van der Waals surface area contributed by atoms with Crippen molar-refractivity contribution in [2.24, 2.45) is 0 Å². The summed E-state index contributed by atoms with van der Waals surface area (Å²) in [5.41, 5.74) is 2.36. The predicted molar refractivity (Wildman–Crippen MR) is 89.8 cm³/mol. The summed E-state index contributed by atoms with van der Waals surface area (Å²) in [6.07, 6.45) is 1.87. The van der Waals surface area contributed by atoms with E-state index in [9.17, 15) is 4.79 Å². The van der Waals surface area contributed by atoms with Gasteiger partial charge in [0, 0.05) is 12.2 Å². The summed E-state index contributed by atoms with van der Waals surface area (Å²) in [7, 11) is 0. The van der Waals surface area contributed by atoms with Gasteiger partial charge in [-0.2, -0.15) is 0 Å². The maximum atomic E-state index is 13.0. The molecule has 0 aromatic heterocycles. The normalized spacial score (nSPS) is 20.5. The Morgan fingerprint density at radius 1 is 1.00 bits per heavy atom. The van der Waals surface area contributed by atoms with E-state index in [-0.39, 0.29) is 5.91 Å². The number of hydrogen-bond acceptors (Lipinski definition) is 2. The molecule has 0 fully saturated rings. The number of nitrogens with zero attached hydrogens (tertiary/aromatic N) is 1. The highest BCUT2D eigenvalue weighted by Gasteiger charge is 2.44. The van der Waals surface area contributed by atoms with Crippen LogP contribution in [0.5, 0.6) is 0 Å². The lowest BCUT2D eigenvalue weighted by Crippen LogP contribution is -2.57. The Balaban J connectivity index is 2.19. The molecule has 3 nitrogen and oxygen atoms in total. The zero-order valence-corrected chi connectivity index (χ0v) is 13.2. The molecule has 0 saturated heterocycles. The SMILES string of the molecule is CCCC1(c2ccccc2)Nc2ccccc2C(=O)N1CC. The van der Waals surface area contributed by atoms with Crippen LogP contribution < -0.4 is 5.32 Å². The molecule has 2 aromatic carbocycles. The highest BCUT2D eigenvalue weighted by atomic mass is 16.2. The molecule has 1 N–H and O–H groups in total. The second-order valence-corrected chi connectivity index (χ2v) is 5.70. The van der Waals surface area contributed by atoms with Crippen LogP contribution in [-0.4, -0.2) is 17.4 Å². The number of amides is 1. The number of benzene rings is 2. The van der Waals surface area contributed by atoms with E-state index in [1.807, 2.05) is 54.3 Å². The van der Waals surface area contributed by atoms with Gasteiger partial charge in [-0.1, -0.05) is 55.8 Å². The Labute approximate surface area is 132 Å². The molecule has 0 saturated carbocycles. The fraction of sp³-hybridized carbons (Fsp3) is 0.316. The van der Waals surface area contributed by atoms with E-state index >= 15 is 0 Å². The number of rotatable bonds is 4. The van der Waals surface area contributed by atoms with Crippen LogP contribution >= 0.6 is 0 Å². The lowest BCUT2D eigenvalue weighted by atomic mass is 9.88. The van der Waals surface area contributed by atoms with Gasteiger partial charge in [0.15, 0.2) is 0 Å². The monoisotopic (exact) mass is 294 g/mol. The summed E-state index contributed by atoms with van der Waals surface area (Å²) in [5, 5.41) is 3.66. The molecule has 1 aliphatic rings. The number of fused-ring (bicyclic) bond motifs is 1. The van der Waals surface area contributed by atoms with Crippen molar-refractivity contribution in [1.29, 1.82) is 0 Å². The van der Waals surface area contributed by atoms with Gasteiger partial charge in [-0.3, -0.25) is 4.79 Å². The largest absolute Gasteiger partial charge is 0.358 e. The van der Waals surface area contributed by atoms with Gasteiger partial charge in [0.2, 0.25) is 0 Å². The maximum Gasteiger partial charge on any atom is 0.258 e. The topological polar surface area (TPSA) is 32.3 Å². The van der Waals surface area contributed by atoms with Gasteiger partial charge in [-0.25, -0.2) is 0 Å². The molecule has 2 aromatic rings. The standard InChI is InChI=1S/C19H22N2O/c1-3-14-19(15-10-6-5-7-11-15)20-17-13-9-8-12-16(17)18(22)21(19)4-2/h5-13,20H,3-4,14H2,1-2H3. The van der Waals surface area contributed by atoms with Crippen molar-refractivity contribution in [3.05, 3.63) is 65.7 Å². The van der Waals surface area contributed by atoms with E-state index in [0.717, 1.165) is 29.7 Å². The van der Waals surface area contributed by atoms with Crippen LogP contribution in [0.15, 0.2) is 54.6 Å². The minimum Gasteiger partial charge on any atom is -0.358 e. The Kier molecular flexibility index (Phi) is 3.88. The molecule has 0 spiro atoms. The first-order valence-electron chi connectivity index (χ1n) is 7.97. The average Bonchev–Trinajstić information content (AvgIpc) is 2.56. The molecule has 3 heteroatoms. The predicted octanol–water partition coefficient (Wildman–Crippen LogP) is 4.23. The van der Waals surface area contributed by atoms with Crippen molar-refractivity contribution in [2.45, 2.75) is 32.4 Å². The zero-order chi connectivity index (χ0) is 15.6. The van der Waals surface area contributed by atoms with Gasteiger partial charge in [0.25, 0.3) is 5.91 Å². The summed E-state index contributed by atoms with van der Waals surface area (Å²) in [6.45, 7) is 4.88. The van der Waals surface area contributed by atoms with E-state index in [1.165, 1.54) is 0 Å². The van der Waals surface area contributed by atoms with Crippen molar-refractivity contribution >= 4 is 11.6 Å². The van der Waals surface area contributed by atoms with E-state index in [1.54, 1.807) is 0 Å². The van der Waals surface area contributed by atoms with Crippen molar-refractivity contribution in [3.63, 3.8) is 0 Å². The first kappa shape index (κ1) is 14.6. The highest BCUT2D eigenvalue weighted by molar-refractivity contribution is 6.02. The summed E-state index contributed by atoms with van der Waals surface area (Å²) in [4.78, 5) is 15.0. The van der Waals surface area contributed by atoms with Gasteiger partial charge < -0.3 is 10.2 Å². The average molecular weight is 294 g/mol. The Bertz CT molecular complexity index is 668. The van der Waals surface area contributed by atoms with Crippen LogP contribution in [0.1, 0.15) is 42.6 Å². The minimum atomic E-state index is -0.462. The summed E-state index contributed by atoms with van der Waals surface area (Å²) in [5.74, 6) is 0.106. The van der Waals surface area contributed by atoms with Crippen LogP contribution in [0, 0.1) is 0 Å². The number of hydrogen-bond donors (Lipinski definition) is 1. The quantitative estimate of drug-likeness (QED) is 0.915. The van der Waals surface area contributed by atoms with E-state index in [0.29, 0.717) is 6.54 Å². The molecule has 114 valence electrons. The molecule has 22 heavy (non-hydrogen) atoms. The Morgan fingerprint density at radius 2 is 1.68 bits per heavy atom. The summed E-state index contributed by atoms with van der Waals surface area (Å²) < 4.78 is 0. The van der Waals surface area contributed by atoms with E-state index < -0.39 is 5.66 Å². The van der Waals surface area contributed by atoms with Crippen LogP contribution in [-0.2, 0) is 5.66 Å². The van der Waals surface area contributed by atoms with Crippen LogP contribution in [0.25, 0.3) is 0 Å². The molecule has 1 atom stereocenters. The van der Waals surface area contributed by atoms with Crippen molar-refractivity contribution < 1.29 is 4.79 Å². The third-order valence-corrected chi connectivity index (χ3v) is 4.38. The minimum absolute atomic E-state index is 0.106. The number of nitrogens with one attached hydrogen (secondary N) is 1. The Morgan fingerprint density at radius 3 is 2.36 bits per heavy atom. The molecule has 1 amide bonds. The highest BCUT2D eigenvalue weighted by Crippen LogP contribution is 2.40. The van der Waals surface area contributed by atoms with Gasteiger partial charge in [-0.05, 0) is 31.0 Å². The molecule has 1 aliphatic heterocycles. The number of para-hydroxylation sites is 1. The number of anilines is 1.